The van der Waals surface area contributed by atoms with Gasteiger partial charge in [-0.25, -0.2) is 9.78 Å². The van der Waals surface area contributed by atoms with Gasteiger partial charge < -0.3 is 42.2 Å². The average Bonchev–Trinajstić information content (AvgIpc) is 3.45. The van der Waals surface area contributed by atoms with Crippen LogP contribution in [-0.4, -0.2) is 86.5 Å². The van der Waals surface area contributed by atoms with Gasteiger partial charge in [-0.15, -0.1) is 0 Å². The molecular weight excluding hydrogens is 454 g/mol. The van der Waals surface area contributed by atoms with E-state index in [-0.39, 0.29) is 6.42 Å². The third-order valence-corrected chi connectivity index (χ3v) is 5.02. The lowest BCUT2D eigenvalue weighted by Crippen LogP contribution is -2.58. The number of carbonyl (C=O) groups is 6. The van der Waals surface area contributed by atoms with Crippen LogP contribution in [0.5, 0.6) is 0 Å². The van der Waals surface area contributed by atoms with E-state index in [0.29, 0.717) is 18.7 Å². The minimum Gasteiger partial charge on any atom is -0.481 e. The largest absolute Gasteiger partial charge is 0.481 e. The molecule has 1 aromatic rings. The van der Waals surface area contributed by atoms with E-state index in [1.54, 1.807) is 0 Å². The smallest absolute Gasteiger partial charge is 0.326 e. The van der Waals surface area contributed by atoms with Crippen LogP contribution in [0.1, 0.15) is 31.4 Å². The fraction of sp³-hybridized carbons (Fsp3) is 0.526. The molecule has 4 amide bonds. The summed E-state index contributed by atoms with van der Waals surface area (Å²) in [4.78, 5) is 78.4. The number of amides is 4. The highest BCUT2D eigenvalue weighted by molar-refractivity contribution is 5.97. The Morgan fingerprint density at radius 1 is 1.03 bits per heavy atom. The molecule has 1 fully saturated rings. The molecule has 0 saturated carbocycles. The third-order valence-electron chi connectivity index (χ3n) is 5.02. The van der Waals surface area contributed by atoms with Gasteiger partial charge in [-0.2, -0.15) is 0 Å². The molecule has 1 saturated heterocycles. The molecule has 4 atom stereocenters. The van der Waals surface area contributed by atoms with Crippen molar-refractivity contribution in [1.82, 2.24) is 31.2 Å². The summed E-state index contributed by atoms with van der Waals surface area (Å²) in [5.74, 6) is -6.41. The Kier molecular flexibility index (Phi) is 9.49. The molecule has 15 nitrogen and oxygen atoms in total. The summed E-state index contributed by atoms with van der Waals surface area (Å²) in [7, 11) is 0. The van der Waals surface area contributed by atoms with E-state index in [4.69, 9.17) is 10.8 Å². The van der Waals surface area contributed by atoms with Crippen molar-refractivity contribution in [2.45, 2.75) is 56.3 Å². The number of aliphatic carboxylic acids is 2. The van der Waals surface area contributed by atoms with Gasteiger partial charge in [0.15, 0.2) is 0 Å². The van der Waals surface area contributed by atoms with Crippen LogP contribution >= 0.6 is 0 Å². The first-order valence-corrected chi connectivity index (χ1v) is 10.4. The number of aromatic nitrogens is 2. The zero-order valence-corrected chi connectivity index (χ0v) is 18.1. The second-order valence-electron chi connectivity index (χ2n) is 7.72. The van der Waals surface area contributed by atoms with Gasteiger partial charge in [0.05, 0.1) is 25.2 Å². The zero-order chi connectivity index (χ0) is 25.3. The third kappa shape index (κ3) is 8.16. The van der Waals surface area contributed by atoms with E-state index in [9.17, 15) is 33.9 Å². The van der Waals surface area contributed by atoms with Gasteiger partial charge in [0.25, 0.3) is 0 Å². The lowest BCUT2D eigenvalue weighted by atomic mass is 10.1. The molecule has 1 aliphatic rings. The summed E-state index contributed by atoms with van der Waals surface area (Å²) in [5.41, 5.74) is 5.56. The van der Waals surface area contributed by atoms with Crippen LogP contribution in [0.15, 0.2) is 12.5 Å². The lowest BCUT2D eigenvalue weighted by molar-refractivity contribution is -0.143. The summed E-state index contributed by atoms with van der Waals surface area (Å²) in [5, 5.41) is 28.2. The number of nitrogens with zero attached hydrogens (tertiary/aromatic N) is 1. The quantitative estimate of drug-likeness (QED) is 0.139. The second-order valence-corrected chi connectivity index (χ2v) is 7.72. The van der Waals surface area contributed by atoms with Crippen molar-refractivity contribution in [3.8, 4) is 0 Å². The molecule has 1 aliphatic heterocycles. The number of nitrogens with two attached hydrogens (primary N) is 1. The van der Waals surface area contributed by atoms with Crippen molar-refractivity contribution in [3.05, 3.63) is 18.2 Å². The molecule has 1 aromatic heterocycles. The van der Waals surface area contributed by atoms with Gasteiger partial charge >= 0.3 is 11.9 Å². The van der Waals surface area contributed by atoms with E-state index >= 15 is 0 Å². The molecule has 2 rings (SSSR count). The number of nitrogens with one attached hydrogen (secondary N) is 5. The first-order chi connectivity index (χ1) is 16.1. The molecule has 9 N–H and O–H groups in total. The highest BCUT2D eigenvalue weighted by atomic mass is 16.4. The summed E-state index contributed by atoms with van der Waals surface area (Å²) in [6, 6.07) is -5.17. The van der Waals surface area contributed by atoms with Crippen LogP contribution in [0.4, 0.5) is 0 Å². The summed E-state index contributed by atoms with van der Waals surface area (Å²) in [6.07, 6.45) is 2.29. The molecule has 0 radical (unpaired) electrons. The first kappa shape index (κ1) is 26.2. The molecule has 0 bridgehead atoms. The van der Waals surface area contributed by atoms with E-state index in [1.165, 1.54) is 12.5 Å². The van der Waals surface area contributed by atoms with E-state index in [2.05, 4.69) is 31.2 Å². The van der Waals surface area contributed by atoms with Crippen LogP contribution in [0.3, 0.4) is 0 Å². The van der Waals surface area contributed by atoms with Crippen molar-refractivity contribution in [2.24, 2.45) is 5.73 Å². The van der Waals surface area contributed by atoms with Crippen LogP contribution in [0, 0.1) is 0 Å². The van der Waals surface area contributed by atoms with E-state index in [0.717, 1.165) is 6.42 Å². The molecule has 15 heteroatoms. The van der Waals surface area contributed by atoms with E-state index in [1.807, 2.05) is 0 Å². The molecule has 0 aromatic carbocycles. The highest BCUT2D eigenvalue weighted by Crippen LogP contribution is 2.07. The minimum atomic E-state index is -1.69. The standard InChI is InChI=1S/C19H27N7O8/c20-14(27)5-11(24-16(30)10-2-1-3-22-10)17(31)25-12(6-15(28)29)18(32)26-13(19(33)34)4-9-7-21-8-23-9/h7-8,10-13,22H,1-6H2,(H2,20,27)(H,21,23)(H,24,30)(H,25,31)(H,26,32)(H,28,29)(H,33,34). The lowest BCUT2D eigenvalue weighted by Gasteiger charge is -2.24. The maximum Gasteiger partial charge on any atom is 0.326 e. The van der Waals surface area contributed by atoms with Crippen molar-refractivity contribution in [2.75, 3.05) is 6.54 Å². The van der Waals surface area contributed by atoms with Gasteiger partial charge in [-0.05, 0) is 19.4 Å². The van der Waals surface area contributed by atoms with Crippen LogP contribution in [0.25, 0.3) is 0 Å². The normalized spacial score (nSPS) is 17.7. The Bertz CT molecular complexity index is 914. The number of hydrogen-bond acceptors (Lipinski definition) is 8. The number of carboxylic acids is 2. The van der Waals surface area contributed by atoms with Gasteiger partial charge in [0.2, 0.25) is 23.6 Å². The van der Waals surface area contributed by atoms with Crippen molar-refractivity contribution >= 4 is 35.6 Å². The van der Waals surface area contributed by atoms with Crippen LogP contribution in [-0.2, 0) is 35.2 Å². The number of H-pyrrole nitrogens is 1. The maximum atomic E-state index is 12.7. The number of rotatable bonds is 13. The summed E-state index contributed by atoms with van der Waals surface area (Å²) < 4.78 is 0. The minimum absolute atomic E-state index is 0.177. The average molecular weight is 481 g/mol. The number of carboxylic acid groups (broad SMARTS) is 2. The van der Waals surface area contributed by atoms with Gasteiger partial charge in [0.1, 0.15) is 18.1 Å². The molecular formula is C19H27N7O8. The molecule has 34 heavy (non-hydrogen) atoms. The first-order valence-electron chi connectivity index (χ1n) is 10.4. The fourth-order valence-corrected chi connectivity index (χ4v) is 3.34. The maximum absolute atomic E-state index is 12.7. The van der Waals surface area contributed by atoms with Crippen LogP contribution in [0.2, 0.25) is 0 Å². The Morgan fingerprint density at radius 2 is 1.68 bits per heavy atom. The van der Waals surface area contributed by atoms with Gasteiger partial charge in [-0.3, -0.25) is 24.0 Å². The van der Waals surface area contributed by atoms with Gasteiger partial charge in [0, 0.05) is 18.3 Å². The highest BCUT2D eigenvalue weighted by Gasteiger charge is 2.33. The summed E-state index contributed by atoms with van der Waals surface area (Å²) >= 11 is 0. The predicted octanol–water partition coefficient (Wildman–Crippen LogP) is -3.41. The molecule has 2 heterocycles. The Labute approximate surface area is 193 Å². The number of primary amides is 1. The van der Waals surface area contributed by atoms with Crippen LogP contribution < -0.4 is 27.0 Å². The summed E-state index contributed by atoms with van der Waals surface area (Å²) in [6.45, 7) is 0.606. The molecule has 4 unspecified atom stereocenters. The fourth-order valence-electron chi connectivity index (χ4n) is 3.34. The number of hydrogen-bond donors (Lipinski definition) is 8. The van der Waals surface area contributed by atoms with Gasteiger partial charge in [-0.1, -0.05) is 0 Å². The van der Waals surface area contributed by atoms with Crippen molar-refractivity contribution in [1.29, 1.82) is 0 Å². The number of aromatic amines is 1. The predicted molar refractivity (Wildman–Crippen MR) is 113 cm³/mol. The molecule has 0 aliphatic carbocycles. The Morgan fingerprint density at radius 3 is 2.18 bits per heavy atom. The van der Waals surface area contributed by atoms with E-state index < -0.39 is 72.6 Å². The second kappa shape index (κ2) is 12.3. The monoisotopic (exact) mass is 481 g/mol. The Balaban J connectivity index is 2.11. The Hall–Kier alpha value is -4.01. The zero-order valence-electron chi connectivity index (χ0n) is 18.1. The topological polar surface area (TPSA) is 246 Å². The molecule has 0 spiro atoms. The SMILES string of the molecule is NC(=O)CC(NC(=O)C1CCCN1)C(=O)NC(CC(=O)O)C(=O)NC(Cc1cnc[nH]1)C(=O)O. The van der Waals surface area contributed by atoms with Crippen molar-refractivity contribution < 1.29 is 39.0 Å². The van der Waals surface area contributed by atoms with Crippen molar-refractivity contribution in [3.63, 3.8) is 0 Å². The molecule has 186 valence electrons. The number of imidazole rings is 1. The number of carbonyl (C=O) groups excluding carboxylic acids is 4.